The second-order valence-corrected chi connectivity index (χ2v) is 6.37. The van der Waals surface area contributed by atoms with Crippen molar-refractivity contribution in [2.24, 2.45) is 0 Å². The molecule has 0 aliphatic heterocycles. The highest BCUT2D eigenvalue weighted by atomic mass is 32.1. The average molecular weight is 277 g/mol. The quantitative estimate of drug-likeness (QED) is 0.751. The third-order valence-corrected chi connectivity index (χ3v) is 5.24. The van der Waals surface area contributed by atoms with Crippen molar-refractivity contribution < 1.29 is 4.79 Å². The first kappa shape index (κ1) is 14.5. The minimum atomic E-state index is 0.282. The molecule has 0 amide bonds. The van der Waals surface area contributed by atoms with Crippen LogP contribution in [0.5, 0.6) is 0 Å². The van der Waals surface area contributed by atoms with Crippen LogP contribution in [-0.4, -0.2) is 29.8 Å². The Labute approximate surface area is 120 Å². The predicted molar refractivity (Wildman–Crippen MR) is 82.9 cm³/mol. The minimum Gasteiger partial charge on any atom is -0.298 e. The molecule has 0 saturated carbocycles. The van der Waals surface area contributed by atoms with E-state index >= 15 is 0 Å². The van der Waals surface area contributed by atoms with Crippen molar-refractivity contribution in [2.75, 3.05) is 13.1 Å². The number of rotatable bonds is 5. The molecule has 1 atom stereocenters. The lowest BCUT2D eigenvalue weighted by Crippen LogP contribution is -2.46. The number of hydrogen-bond donors (Lipinski definition) is 0. The summed E-state index contributed by atoms with van der Waals surface area (Å²) in [5, 5.41) is 2.01. The van der Waals surface area contributed by atoms with Gasteiger partial charge in [-0.05, 0) is 61.9 Å². The van der Waals surface area contributed by atoms with Gasteiger partial charge in [-0.3, -0.25) is 9.69 Å². The zero-order valence-electron chi connectivity index (χ0n) is 12.1. The largest absolute Gasteiger partial charge is 0.298 e. The van der Waals surface area contributed by atoms with E-state index in [9.17, 15) is 4.79 Å². The van der Waals surface area contributed by atoms with Crippen molar-refractivity contribution in [3.05, 3.63) is 28.0 Å². The fourth-order valence-corrected chi connectivity index (χ4v) is 3.88. The molecule has 104 valence electrons. The van der Waals surface area contributed by atoms with Gasteiger partial charge >= 0.3 is 0 Å². The number of thiophene rings is 1. The second-order valence-electron chi connectivity index (χ2n) is 5.42. The summed E-state index contributed by atoms with van der Waals surface area (Å²) in [5.74, 6) is 0. The second kappa shape index (κ2) is 6.02. The zero-order valence-corrected chi connectivity index (χ0v) is 12.9. The Hall–Kier alpha value is -0.930. The third-order valence-electron chi connectivity index (χ3n) is 4.40. The SMILES string of the molecule is CCN(CC)C1(C)CC=C(c2ccsc2C=O)CC1. The van der Waals surface area contributed by atoms with Gasteiger partial charge in [-0.2, -0.15) is 0 Å². The first-order valence-corrected chi connectivity index (χ1v) is 7.99. The molecule has 0 radical (unpaired) electrons. The summed E-state index contributed by atoms with van der Waals surface area (Å²) < 4.78 is 0. The van der Waals surface area contributed by atoms with E-state index in [-0.39, 0.29) is 5.54 Å². The molecule has 2 rings (SSSR count). The number of carbonyl (C=O) groups is 1. The van der Waals surface area contributed by atoms with Crippen LogP contribution in [0.15, 0.2) is 17.5 Å². The summed E-state index contributed by atoms with van der Waals surface area (Å²) in [5.41, 5.74) is 2.79. The molecule has 0 aromatic carbocycles. The van der Waals surface area contributed by atoms with Gasteiger partial charge in [0.05, 0.1) is 4.88 Å². The van der Waals surface area contributed by atoms with E-state index in [4.69, 9.17) is 0 Å². The van der Waals surface area contributed by atoms with Gasteiger partial charge in [0.25, 0.3) is 0 Å². The minimum absolute atomic E-state index is 0.282. The molecule has 1 aliphatic carbocycles. The molecule has 0 saturated heterocycles. The Morgan fingerprint density at radius 1 is 1.42 bits per heavy atom. The Morgan fingerprint density at radius 3 is 2.68 bits per heavy atom. The molecule has 19 heavy (non-hydrogen) atoms. The summed E-state index contributed by atoms with van der Waals surface area (Å²) in [4.78, 5) is 14.5. The first-order valence-electron chi connectivity index (χ1n) is 7.11. The summed E-state index contributed by atoms with van der Waals surface area (Å²) in [6.45, 7) is 9.04. The summed E-state index contributed by atoms with van der Waals surface area (Å²) in [6.07, 6.45) is 6.66. The lowest BCUT2D eigenvalue weighted by atomic mass is 9.80. The molecule has 0 spiro atoms. The number of carbonyl (C=O) groups excluding carboxylic acids is 1. The van der Waals surface area contributed by atoms with E-state index in [1.54, 1.807) is 0 Å². The molecule has 2 nitrogen and oxygen atoms in total. The van der Waals surface area contributed by atoms with Gasteiger partial charge < -0.3 is 0 Å². The smallest absolute Gasteiger partial charge is 0.160 e. The Balaban J connectivity index is 2.18. The zero-order chi connectivity index (χ0) is 13.9. The van der Waals surface area contributed by atoms with Crippen LogP contribution in [0.25, 0.3) is 5.57 Å². The van der Waals surface area contributed by atoms with Crippen molar-refractivity contribution in [3.8, 4) is 0 Å². The predicted octanol–water partition coefficient (Wildman–Crippen LogP) is 4.23. The Kier molecular flexibility index (Phi) is 4.58. The number of hydrogen-bond acceptors (Lipinski definition) is 3. The van der Waals surface area contributed by atoms with E-state index in [0.717, 1.165) is 42.7 Å². The van der Waals surface area contributed by atoms with Crippen LogP contribution in [0.1, 0.15) is 55.3 Å². The fraction of sp³-hybridized carbons (Fsp3) is 0.562. The maximum absolute atomic E-state index is 11.0. The van der Waals surface area contributed by atoms with E-state index in [1.807, 2.05) is 5.38 Å². The summed E-state index contributed by atoms with van der Waals surface area (Å²) >= 11 is 1.54. The lowest BCUT2D eigenvalue weighted by molar-refractivity contribution is 0.108. The Morgan fingerprint density at radius 2 is 2.16 bits per heavy atom. The molecule has 1 heterocycles. The molecule has 0 bridgehead atoms. The summed E-state index contributed by atoms with van der Waals surface area (Å²) in [7, 11) is 0. The molecule has 1 aromatic heterocycles. The normalized spacial score (nSPS) is 23.5. The molecule has 3 heteroatoms. The van der Waals surface area contributed by atoms with Crippen molar-refractivity contribution in [1.29, 1.82) is 0 Å². The number of nitrogens with zero attached hydrogens (tertiary/aromatic N) is 1. The van der Waals surface area contributed by atoms with Crippen molar-refractivity contribution in [3.63, 3.8) is 0 Å². The monoisotopic (exact) mass is 277 g/mol. The highest BCUT2D eigenvalue weighted by molar-refractivity contribution is 7.12. The van der Waals surface area contributed by atoms with E-state index < -0.39 is 0 Å². The topological polar surface area (TPSA) is 20.3 Å². The van der Waals surface area contributed by atoms with E-state index in [0.29, 0.717) is 0 Å². The maximum Gasteiger partial charge on any atom is 0.160 e. The van der Waals surface area contributed by atoms with Crippen LogP contribution >= 0.6 is 11.3 Å². The molecular formula is C16H23NOS. The van der Waals surface area contributed by atoms with E-state index in [1.165, 1.54) is 23.3 Å². The molecule has 1 unspecified atom stereocenters. The summed E-state index contributed by atoms with van der Waals surface area (Å²) in [6, 6.07) is 2.08. The van der Waals surface area contributed by atoms with Crippen LogP contribution in [0.4, 0.5) is 0 Å². The van der Waals surface area contributed by atoms with E-state index in [2.05, 4.69) is 37.8 Å². The van der Waals surface area contributed by atoms with Crippen LogP contribution in [-0.2, 0) is 0 Å². The third kappa shape index (κ3) is 2.82. The standard InChI is InChI=1S/C16H23NOS/c1-4-17(5-2)16(3)9-6-13(7-10-16)14-8-11-19-15(14)12-18/h6,8,11-12H,4-5,7,9-10H2,1-3H3. The van der Waals surface area contributed by atoms with Gasteiger partial charge in [-0.25, -0.2) is 0 Å². The Bertz CT molecular complexity index is 473. The highest BCUT2D eigenvalue weighted by Gasteiger charge is 2.32. The van der Waals surface area contributed by atoms with Crippen LogP contribution in [0.3, 0.4) is 0 Å². The average Bonchev–Trinajstić information content (AvgIpc) is 2.89. The van der Waals surface area contributed by atoms with Gasteiger partial charge in [0.15, 0.2) is 6.29 Å². The van der Waals surface area contributed by atoms with Gasteiger partial charge in [-0.1, -0.05) is 19.9 Å². The molecular weight excluding hydrogens is 254 g/mol. The molecule has 0 fully saturated rings. The maximum atomic E-state index is 11.0. The van der Waals surface area contributed by atoms with Crippen molar-refractivity contribution >= 4 is 23.2 Å². The van der Waals surface area contributed by atoms with Crippen LogP contribution in [0, 0.1) is 0 Å². The van der Waals surface area contributed by atoms with Gasteiger partial charge in [0.2, 0.25) is 0 Å². The molecule has 1 aliphatic rings. The van der Waals surface area contributed by atoms with Gasteiger partial charge in [0.1, 0.15) is 0 Å². The van der Waals surface area contributed by atoms with Gasteiger partial charge in [0, 0.05) is 5.54 Å². The molecule has 1 aromatic rings. The number of allylic oxidation sites excluding steroid dienone is 1. The first-order chi connectivity index (χ1) is 9.14. The van der Waals surface area contributed by atoms with Crippen LogP contribution in [0.2, 0.25) is 0 Å². The van der Waals surface area contributed by atoms with Crippen molar-refractivity contribution in [1.82, 2.24) is 4.90 Å². The van der Waals surface area contributed by atoms with Gasteiger partial charge in [-0.15, -0.1) is 11.3 Å². The molecule has 0 N–H and O–H groups in total. The fourth-order valence-electron chi connectivity index (χ4n) is 3.15. The lowest BCUT2D eigenvalue weighted by Gasteiger charge is -2.42. The van der Waals surface area contributed by atoms with Crippen molar-refractivity contribution in [2.45, 2.75) is 45.6 Å². The van der Waals surface area contributed by atoms with Crippen LogP contribution < -0.4 is 0 Å². The highest BCUT2D eigenvalue weighted by Crippen LogP contribution is 2.37. The number of aldehydes is 1.